The van der Waals surface area contributed by atoms with Gasteiger partial charge < -0.3 is 23.9 Å². The van der Waals surface area contributed by atoms with Gasteiger partial charge >= 0.3 is 0 Å². The Labute approximate surface area is 203 Å². The number of ketones is 1. The van der Waals surface area contributed by atoms with Crippen molar-refractivity contribution in [3.63, 3.8) is 0 Å². The van der Waals surface area contributed by atoms with Crippen LogP contribution in [0.4, 0.5) is 0 Å². The molecule has 0 radical (unpaired) electrons. The summed E-state index contributed by atoms with van der Waals surface area (Å²) in [7, 11) is 0. The summed E-state index contributed by atoms with van der Waals surface area (Å²) in [6.07, 6.45) is 3.99. The van der Waals surface area contributed by atoms with Gasteiger partial charge in [0, 0.05) is 5.56 Å². The van der Waals surface area contributed by atoms with Crippen LogP contribution in [-0.4, -0.2) is 34.9 Å². The Morgan fingerprint density at radius 2 is 1.89 bits per heavy atom. The minimum atomic E-state index is -0.811. The van der Waals surface area contributed by atoms with Gasteiger partial charge in [0.15, 0.2) is 0 Å². The lowest BCUT2D eigenvalue weighted by molar-refractivity contribution is -0.140. The van der Waals surface area contributed by atoms with Crippen LogP contribution in [0.15, 0.2) is 89.6 Å². The summed E-state index contributed by atoms with van der Waals surface area (Å²) < 4.78 is 16.7. The number of likely N-dealkylation sites (tertiary alicyclic amines) is 1. The number of hydrogen-bond donors (Lipinski definition) is 1. The average Bonchev–Trinajstić information content (AvgIpc) is 3.49. The number of amides is 1. The van der Waals surface area contributed by atoms with Gasteiger partial charge in [-0.1, -0.05) is 43.8 Å². The Balaban J connectivity index is 1.78. The standard InChI is InChI=1S/C28H27NO6/c1-3-14-33-21-12-10-19(11-13-21)25-24(26(30)20-7-5-8-22(17-20)34-15-4-2)27(31)28(32)29(25)18-23-9-6-16-35-23/h3,5-13,16-17,25,30H,1,4,14-15,18H2,2H3. The maximum atomic E-state index is 13.2. The quantitative estimate of drug-likeness (QED) is 0.187. The number of benzene rings is 2. The fraction of sp³-hybridized carbons (Fsp3) is 0.214. The number of carbonyl (C=O) groups is 2. The van der Waals surface area contributed by atoms with Crippen LogP contribution in [0, 0.1) is 0 Å². The first-order chi connectivity index (χ1) is 17.0. The number of furan rings is 1. The first-order valence-electron chi connectivity index (χ1n) is 11.4. The molecule has 1 aliphatic rings. The molecule has 1 fully saturated rings. The number of aliphatic hydroxyl groups is 1. The molecule has 0 spiro atoms. The minimum Gasteiger partial charge on any atom is -0.507 e. The predicted molar refractivity (Wildman–Crippen MR) is 131 cm³/mol. The maximum Gasteiger partial charge on any atom is 0.296 e. The van der Waals surface area contributed by atoms with Crippen molar-refractivity contribution in [3.8, 4) is 11.5 Å². The second-order valence-corrected chi connectivity index (χ2v) is 8.05. The molecule has 3 aromatic rings. The van der Waals surface area contributed by atoms with E-state index in [1.165, 1.54) is 11.2 Å². The maximum absolute atomic E-state index is 13.2. The number of Topliss-reactive ketones (excluding diaryl/α,β-unsaturated/α-hetero) is 1. The fourth-order valence-electron chi connectivity index (χ4n) is 3.97. The van der Waals surface area contributed by atoms with Crippen LogP contribution in [0.3, 0.4) is 0 Å². The lowest BCUT2D eigenvalue weighted by Gasteiger charge is -2.24. The molecule has 0 saturated carbocycles. The van der Waals surface area contributed by atoms with Gasteiger partial charge in [-0.3, -0.25) is 9.59 Å². The molecule has 0 bridgehead atoms. The lowest BCUT2D eigenvalue weighted by atomic mass is 9.95. The second-order valence-electron chi connectivity index (χ2n) is 8.05. The van der Waals surface area contributed by atoms with Crippen molar-refractivity contribution in [2.24, 2.45) is 0 Å². The van der Waals surface area contributed by atoms with E-state index in [1.807, 2.05) is 6.92 Å². The molecule has 4 rings (SSSR count). The molecule has 7 nitrogen and oxygen atoms in total. The van der Waals surface area contributed by atoms with Gasteiger partial charge in [0.2, 0.25) is 0 Å². The molecule has 1 aromatic heterocycles. The summed E-state index contributed by atoms with van der Waals surface area (Å²) in [5.41, 5.74) is 1.06. The number of rotatable bonds is 10. The van der Waals surface area contributed by atoms with Crippen LogP contribution in [0.5, 0.6) is 11.5 Å². The normalized spacial score (nSPS) is 16.9. The van der Waals surface area contributed by atoms with Crippen molar-refractivity contribution in [2.75, 3.05) is 13.2 Å². The molecular weight excluding hydrogens is 446 g/mol. The highest BCUT2D eigenvalue weighted by atomic mass is 16.5. The molecule has 180 valence electrons. The third-order valence-corrected chi connectivity index (χ3v) is 5.59. The number of aliphatic hydroxyl groups excluding tert-OH is 1. The van der Waals surface area contributed by atoms with Gasteiger partial charge in [-0.15, -0.1) is 0 Å². The van der Waals surface area contributed by atoms with E-state index in [2.05, 4.69) is 6.58 Å². The Morgan fingerprint density at radius 1 is 1.09 bits per heavy atom. The number of nitrogens with zero attached hydrogens (tertiary/aromatic N) is 1. The zero-order valence-corrected chi connectivity index (χ0v) is 19.5. The van der Waals surface area contributed by atoms with Crippen molar-refractivity contribution in [3.05, 3.63) is 102 Å². The Bertz CT molecular complexity index is 1230. The third-order valence-electron chi connectivity index (χ3n) is 5.59. The van der Waals surface area contributed by atoms with Crippen molar-refractivity contribution in [1.29, 1.82) is 0 Å². The highest BCUT2D eigenvalue weighted by Crippen LogP contribution is 2.41. The molecule has 0 aliphatic carbocycles. The van der Waals surface area contributed by atoms with Crippen LogP contribution in [0.2, 0.25) is 0 Å². The highest BCUT2D eigenvalue weighted by Gasteiger charge is 2.46. The molecule has 7 heteroatoms. The van der Waals surface area contributed by atoms with E-state index in [-0.39, 0.29) is 17.9 Å². The zero-order valence-electron chi connectivity index (χ0n) is 19.5. The largest absolute Gasteiger partial charge is 0.507 e. The van der Waals surface area contributed by atoms with Crippen LogP contribution in [0.25, 0.3) is 5.76 Å². The van der Waals surface area contributed by atoms with Crippen LogP contribution < -0.4 is 9.47 Å². The summed E-state index contributed by atoms with van der Waals surface area (Å²) in [5, 5.41) is 11.3. The summed E-state index contributed by atoms with van der Waals surface area (Å²) in [5.74, 6) is -0.00958. The molecule has 2 heterocycles. The van der Waals surface area contributed by atoms with Crippen molar-refractivity contribution < 1.29 is 28.6 Å². The predicted octanol–water partition coefficient (Wildman–Crippen LogP) is 5.26. The first-order valence-corrected chi connectivity index (χ1v) is 11.4. The molecule has 1 aliphatic heterocycles. The van der Waals surface area contributed by atoms with Gasteiger partial charge in [0.25, 0.3) is 11.7 Å². The molecule has 1 atom stereocenters. The minimum absolute atomic E-state index is 0.00829. The topological polar surface area (TPSA) is 89.2 Å². The monoisotopic (exact) mass is 473 g/mol. The summed E-state index contributed by atoms with van der Waals surface area (Å²) in [6.45, 7) is 6.60. The zero-order chi connectivity index (χ0) is 24.8. The highest BCUT2D eigenvalue weighted by molar-refractivity contribution is 6.46. The van der Waals surface area contributed by atoms with Gasteiger partial charge in [-0.2, -0.15) is 0 Å². The molecule has 1 amide bonds. The first kappa shape index (κ1) is 23.9. The summed E-state index contributed by atoms with van der Waals surface area (Å²) in [6, 6.07) is 16.6. The van der Waals surface area contributed by atoms with Gasteiger partial charge in [-0.05, 0) is 48.4 Å². The summed E-state index contributed by atoms with van der Waals surface area (Å²) in [4.78, 5) is 27.7. The van der Waals surface area contributed by atoms with Crippen molar-refractivity contribution >= 4 is 17.4 Å². The summed E-state index contributed by atoms with van der Waals surface area (Å²) >= 11 is 0. The van der Waals surface area contributed by atoms with Crippen LogP contribution in [-0.2, 0) is 16.1 Å². The molecule has 1 unspecified atom stereocenters. The van der Waals surface area contributed by atoms with Crippen LogP contribution >= 0.6 is 0 Å². The number of ether oxygens (including phenoxy) is 2. The number of hydrogen-bond acceptors (Lipinski definition) is 6. The smallest absolute Gasteiger partial charge is 0.296 e. The Hall–Kier alpha value is -4.26. The fourth-order valence-corrected chi connectivity index (χ4v) is 3.97. The lowest BCUT2D eigenvalue weighted by Crippen LogP contribution is -2.29. The molecule has 1 N–H and O–H groups in total. The van der Waals surface area contributed by atoms with Gasteiger partial charge in [-0.25, -0.2) is 0 Å². The van der Waals surface area contributed by atoms with Crippen molar-refractivity contribution in [1.82, 2.24) is 4.90 Å². The number of carbonyl (C=O) groups excluding carboxylic acids is 2. The van der Waals surface area contributed by atoms with E-state index in [4.69, 9.17) is 13.9 Å². The van der Waals surface area contributed by atoms with E-state index < -0.39 is 17.7 Å². The molecule has 35 heavy (non-hydrogen) atoms. The molecule has 2 aromatic carbocycles. The van der Waals surface area contributed by atoms with Gasteiger partial charge in [0.1, 0.15) is 29.6 Å². The van der Waals surface area contributed by atoms with E-state index in [0.717, 1.165) is 6.42 Å². The van der Waals surface area contributed by atoms with Gasteiger partial charge in [0.05, 0.1) is 31.0 Å². The van der Waals surface area contributed by atoms with E-state index >= 15 is 0 Å². The molecule has 1 saturated heterocycles. The van der Waals surface area contributed by atoms with E-state index in [1.54, 1.807) is 66.7 Å². The average molecular weight is 474 g/mol. The SMILES string of the molecule is C=CCOc1ccc(C2C(=C(O)c3cccc(OCCC)c3)C(=O)C(=O)N2Cc2ccco2)cc1. The Morgan fingerprint density at radius 3 is 2.57 bits per heavy atom. The third kappa shape index (κ3) is 5.14. The Kier molecular flexibility index (Phi) is 7.35. The molecular formula is C28H27NO6. The van der Waals surface area contributed by atoms with E-state index in [9.17, 15) is 14.7 Å². The van der Waals surface area contributed by atoms with E-state index in [0.29, 0.717) is 41.6 Å². The van der Waals surface area contributed by atoms with Crippen LogP contribution in [0.1, 0.15) is 36.3 Å². The van der Waals surface area contributed by atoms with Crippen molar-refractivity contribution in [2.45, 2.75) is 25.9 Å². The second kappa shape index (κ2) is 10.8.